The molecule has 2 rings (SSSR count). The van der Waals surface area contributed by atoms with E-state index in [1.165, 1.54) is 6.07 Å². The van der Waals surface area contributed by atoms with Crippen LogP contribution in [0.1, 0.15) is 58.2 Å². The van der Waals surface area contributed by atoms with Crippen LogP contribution in [0.2, 0.25) is 0 Å². The van der Waals surface area contributed by atoms with Gasteiger partial charge in [-0.2, -0.15) is 13.2 Å². The molecule has 0 bridgehead atoms. The number of ether oxygens (including phenoxy) is 1. The average molecular weight is 316 g/mol. The van der Waals surface area contributed by atoms with E-state index in [4.69, 9.17) is 4.74 Å². The summed E-state index contributed by atoms with van der Waals surface area (Å²) in [5.41, 5.74) is -2.38. The van der Waals surface area contributed by atoms with Crippen LogP contribution >= 0.6 is 0 Å². The Morgan fingerprint density at radius 3 is 1.95 bits per heavy atom. The molecular formula is C17H23F3O2. The Hall–Kier alpha value is -1.23. The van der Waals surface area contributed by atoms with Gasteiger partial charge in [0.2, 0.25) is 5.60 Å². The Morgan fingerprint density at radius 2 is 1.55 bits per heavy atom. The van der Waals surface area contributed by atoms with Gasteiger partial charge in [-0.25, -0.2) is 0 Å². The van der Waals surface area contributed by atoms with Gasteiger partial charge in [-0.05, 0) is 22.5 Å². The van der Waals surface area contributed by atoms with E-state index in [1.807, 2.05) is 47.6 Å². The number of alkyl halides is 3. The molecule has 0 amide bonds. The van der Waals surface area contributed by atoms with Gasteiger partial charge in [-0.15, -0.1) is 0 Å². The molecule has 1 atom stereocenters. The van der Waals surface area contributed by atoms with E-state index in [2.05, 4.69) is 0 Å². The Labute approximate surface area is 129 Å². The van der Waals surface area contributed by atoms with Crippen molar-refractivity contribution in [2.75, 3.05) is 6.61 Å². The molecule has 0 saturated carbocycles. The van der Waals surface area contributed by atoms with Crippen LogP contribution in [0, 0.1) is 0 Å². The second-order valence-electron chi connectivity index (χ2n) is 8.05. The summed E-state index contributed by atoms with van der Waals surface area (Å²) in [5.74, 6) is 0.167. The third-order valence-corrected chi connectivity index (χ3v) is 4.10. The minimum atomic E-state index is -4.77. The van der Waals surface area contributed by atoms with Crippen LogP contribution in [0.4, 0.5) is 13.2 Å². The smallest absolute Gasteiger partial charge is 0.425 e. The lowest BCUT2D eigenvalue weighted by molar-refractivity contribution is -0.267. The van der Waals surface area contributed by atoms with Crippen LogP contribution in [0.5, 0.6) is 5.75 Å². The molecule has 1 heterocycles. The topological polar surface area (TPSA) is 29.5 Å². The van der Waals surface area contributed by atoms with Crippen molar-refractivity contribution < 1.29 is 23.0 Å². The second-order valence-corrected chi connectivity index (χ2v) is 8.05. The van der Waals surface area contributed by atoms with Gasteiger partial charge < -0.3 is 9.84 Å². The number of fused-ring (bicyclic) bond motifs is 1. The predicted molar refractivity (Wildman–Crippen MR) is 79.3 cm³/mol. The highest BCUT2D eigenvalue weighted by atomic mass is 19.4. The first-order valence-corrected chi connectivity index (χ1v) is 7.29. The van der Waals surface area contributed by atoms with E-state index in [0.717, 1.165) is 5.56 Å². The highest BCUT2D eigenvalue weighted by Crippen LogP contribution is 2.51. The van der Waals surface area contributed by atoms with E-state index >= 15 is 0 Å². The first kappa shape index (κ1) is 17.1. The van der Waals surface area contributed by atoms with E-state index in [-0.39, 0.29) is 22.1 Å². The molecule has 0 radical (unpaired) electrons. The van der Waals surface area contributed by atoms with Crippen molar-refractivity contribution in [3.63, 3.8) is 0 Å². The fraction of sp³-hybridized carbons (Fsp3) is 0.647. The van der Waals surface area contributed by atoms with Crippen molar-refractivity contribution >= 4 is 0 Å². The summed E-state index contributed by atoms with van der Waals surface area (Å²) in [6, 6.07) is 3.33. The molecule has 0 spiro atoms. The van der Waals surface area contributed by atoms with Gasteiger partial charge in [-0.3, -0.25) is 0 Å². The number of hydrogen-bond donors (Lipinski definition) is 1. The first-order chi connectivity index (χ1) is 9.68. The molecule has 124 valence electrons. The maximum atomic E-state index is 13.4. The zero-order chi connectivity index (χ0) is 17.1. The number of benzene rings is 1. The van der Waals surface area contributed by atoms with Gasteiger partial charge in [0.25, 0.3) is 0 Å². The van der Waals surface area contributed by atoms with Crippen LogP contribution in [-0.2, 0) is 16.4 Å². The molecular weight excluding hydrogens is 293 g/mol. The highest BCUT2D eigenvalue weighted by Gasteiger charge is 2.60. The minimum Gasteiger partial charge on any atom is -0.489 e. The predicted octanol–water partition coefficient (Wildman–Crippen LogP) is 4.42. The summed E-state index contributed by atoms with van der Waals surface area (Å²) in [5, 5.41) is 10.2. The first-order valence-electron chi connectivity index (χ1n) is 7.29. The lowest BCUT2D eigenvalue weighted by Gasteiger charge is -2.29. The molecule has 0 unspecified atom stereocenters. The minimum absolute atomic E-state index is 0.167. The van der Waals surface area contributed by atoms with Crippen molar-refractivity contribution in [3.8, 4) is 5.75 Å². The van der Waals surface area contributed by atoms with E-state index in [1.54, 1.807) is 0 Å². The van der Waals surface area contributed by atoms with Crippen molar-refractivity contribution in [1.82, 2.24) is 0 Å². The standard InChI is InChI=1S/C17H23F3O2/c1-14(2,3)10-7-11(15(4,5)6)13-12(8-10)16(21,9-22-13)17(18,19)20/h7-8,21H,9H2,1-6H3/t16-/m0/s1. The summed E-state index contributed by atoms with van der Waals surface area (Å²) in [6.07, 6.45) is -4.77. The second kappa shape index (κ2) is 4.63. The maximum absolute atomic E-state index is 13.4. The Morgan fingerprint density at radius 1 is 1.00 bits per heavy atom. The van der Waals surface area contributed by atoms with Gasteiger partial charge >= 0.3 is 6.18 Å². The van der Waals surface area contributed by atoms with Gasteiger partial charge in [0.15, 0.2) is 0 Å². The molecule has 1 N–H and O–H groups in total. The van der Waals surface area contributed by atoms with Crippen molar-refractivity contribution in [3.05, 3.63) is 28.8 Å². The molecule has 1 aromatic rings. The summed E-state index contributed by atoms with van der Waals surface area (Å²) in [4.78, 5) is 0. The van der Waals surface area contributed by atoms with Crippen molar-refractivity contribution in [1.29, 1.82) is 0 Å². The fourth-order valence-corrected chi connectivity index (χ4v) is 2.57. The molecule has 2 nitrogen and oxygen atoms in total. The highest BCUT2D eigenvalue weighted by molar-refractivity contribution is 5.54. The number of aliphatic hydroxyl groups is 1. The van der Waals surface area contributed by atoms with Crippen LogP contribution in [0.15, 0.2) is 12.1 Å². The Balaban J connectivity index is 2.79. The van der Waals surface area contributed by atoms with Gasteiger partial charge in [0.05, 0.1) is 0 Å². The van der Waals surface area contributed by atoms with E-state index in [0.29, 0.717) is 5.56 Å². The lowest BCUT2D eigenvalue weighted by Crippen LogP contribution is -2.43. The van der Waals surface area contributed by atoms with E-state index in [9.17, 15) is 18.3 Å². The molecule has 5 heteroatoms. The monoisotopic (exact) mass is 316 g/mol. The van der Waals surface area contributed by atoms with Crippen LogP contribution < -0.4 is 4.74 Å². The molecule has 22 heavy (non-hydrogen) atoms. The molecule has 0 aromatic heterocycles. The number of rotatable bonds is 0. The van der Waals surface area contributed by atoms with Gasteiger partial charge in [0, 0.05) is 11.1 Å². The molecule has 1 aromatic carbocycles. The molecule has 0 aliphatic carbocycles. The number of hydrogen-bond acceptors (Lipinski definition) is 2. The lowest BCUT2D eigenvalue weighted by atomic mass is 9.77. The van der Waals surface area contributed by atoms with Crippen LogP contribution in [-0.4, -0.2) is 17.9 Å². The largest absolute Gasteiger partial charge is 0.489 e. The summed E-state index contributed by atoms with van der Waals surface area (Å²) >= 11 is 0. The van der Waals surface area contributed by atoms with E-state index < -0.39 is 18.4 Å². The molecule has 1 aliphatic rings. The van der Waals surface area contributed by atoms with Gasteiger partial charge in [0.1, 0.15) is 12.4 Å². The summed E-state index contributed by atoms with van der Waals surface area (Å²) < 4.78 is 45.3. The molecule has 1 aliphatic heterocycles. The van der Waals surface area contributed by atoms with Crippen LogP contribution in [0.3, 0.4) is 0 Å². The van der Waals surface area contributed by atoms with Crippen molar-refractivity contribution in [2.45, 2.75) is 64.1 Å². The van der Waals surface area contributed by atoms with Crippen molar-refractivity contribution in [2.24, 2.45) is 0 Å². The Kier molecular flexibility index (Phi) is 3.61. The zero-order valence-corrected chi connectivity index (χ0v) is 13.9. The van der Waals surface area contributed by atoms with Gasteiger partial charge in [-0.1, -0.05) is 47.6 Å². The molecule has 0 saturated heterocycles. The third kappa shape index (κ3) is 2.60. The number of halogens is 3. The maximum Gasteiger partial charge on any atom is 0.425 e. The van der Waals surface area contributed by atoms with Crippen LogP contribution in [0.25, 0.3) is 0 Å². The average Bonchev–Trinajstić information content (AvgIpc) is 2.64. The Bertz CT molecular complexity index is 592. The fourth-order valence-electron chi connectivity index (χ4n) is 2.57. The molecule has 0 fully saturated rings. The normalized spacial score (nSPS) is 22.5. The summed E-state index contributed by atoms with van der Waals surface area (Å²) in [6.45, 7) is 10.8. The third-order valence-electron chi connectivity index (χ3n) is 4.10. The summed E-state index contributed by atoms with van der Waals surface area (Å²) in [7, 11) is 0. The quantitative estimate of drug-likeness (QED) is 0.767. The zero-order valence-electron chi connectivity index (χ0n) is 13.9. The SMILES string of the molecule is CC(C)(C)c1cc(C(C)(C)C)c2c(c1)[C@](O)(C(F)(F)F)CO2.